The van der Waals surface area contributed by atoms with E-state index in [2.05, 4.69) is 58.0 Å². The van der Waals surface area contributed by atoms with Crippen LogP contribution in [-0.4, -0.2) is 29.3 Å². The number of hydrogen-bond acceptors (Lipinski definition) is 4. The van der Waals surface area contributed by atoms with E-state index in [1.54, 1.807) is 11.7 Å². The second kappa shape index (κ2) is 12.0. The Labute approximate surface area is 200 Å². The van der Waals surface area contributed by atoms with Crippen LogP contribution in [0, 0.1) is 18.3 Å². The molecule has 0 spiro atoms. The molecule has 1 heterocycles. The summed E-state index contributed by atoms with van der Waals surface area (Å²) in [6.07, 6.45) is 1.44. The Morgan fingerprint density at radius 1 is 1.16 bits per heavy atom. The average Bonchev–Trinajstić information content (AvgIpc) is 3.09. The number of aliphatic imine (C=N–C) groups is 1. The van der Waals surface area contributed by atoms with Crippen LogP contribution in [0.1, 0.15) is 28.8 Å². The molecule has 0 bridgehead atoms. The molecule has 0 aliphatic heterocycles. The monoisotopic (exact) mass is 529 g/mol. The van der Waals surface area contributed by atoms with Crippen molar-refractivity contribution in [3.05, 3.63) is 77.0 Å². The first-order chi connectivity index (χ1) is 14.6. The lowest BCUT2D eigenvalue weighted by atomic mass is 10.1. The maximum atomic E-state index is 9.51. The van der Waals surface area contributed by atoms with Gasteiger partial charge in [0, 0.05) is 20.1 Å². The number of nitrogens with two attached hydrogens (primary N) is 1. The lowest BCUT2D eigenvalue weighted by Gasteiger charge is -2.12. The number of rotatable bonds is 7. The maximum Gasteiger partial charge on any atom is 0.191 e. The van der Waals surface area contributed by atoms with Gasteiger partial charge in [0.15, 0.2) is 5.96 Å². The van der Waals surface area contributed by atoms with Crippen molar-refractivity contribution in [1.82, 2.24) is 20.4 Å². The number of nitrogen functional groups attached to an aromatic ring is 1. The fraction of sp³-hybridized carbons (Fsp3) is 0.261. The second-order valence-corrected chi connectivity index (χ2v) is 7.01. The third-order valence-electron chi connectivity index (χ3n) is 4.76. The lowest BCUT2D eigenvalue weighted by Crippen LogP contribution is -2.37. The summed E-state index contributed by atoms with van der Waals surface area (Å²) in [7, 11) is 1.75. The van der Waals surface area contributed by atoms with Crippen molar-refractivity contribution >= 4 is 35.8 Å². The van der Waals surface area contributed by atoms with Crippen molar-refractivity contribution in [2.24, 2.45) is 4.99 Å². The quantitative estimate of drug-likeness (QED) is 0.188. The summed E-state index contributed by atoms with van der Waals surface area (Å²) in [5.74, 6) is 1.12. The molecule has 0 saturated heterocycles. The minimum atomic E-state index is 0. The molecule has 7 nitrogen and oxygen atoms in total. The van der Waals surface area contributed by atoms with Gasteiger partial charge in [-0.25, -0.2) is 4.68 Å². The van der Waals surface area contributed by atoms with E-state index in [0.29, 0.717) is 36.6 Å². The molecule has 0 radical (unpaired) electrons. The van der Waals surface area contributed by atoms with E-state index in [1.165, 1.54) is 11.1 Å². The molecule has 0 aliphatic carbocycles. The van der Waals surface area contributed by atoms with Gasteiger partial charge in [-0.1, -0.05) is 48.0 Å². The smallest absolute Gasteiger partial charge is 0.191 e. The van der Waals surface area contributed by atoms with E-state index in [1.807, 2.05) is 30.3 Å². The number of anilines is 1. The fourth-order valence-corrected chi connectivity index (χ4v) is 3.23. The summed E-state index contributed by atoms with van der Waals surface area (Å²) in [6.45, 7) is 3.49. The number of aromatic nitrogens is 2. The topological polar surface area (TPSA) is 104 Å². The van der Waals surface area contributed by atoms with Crippen LogP contribution in [0.4, 0.5) is 5.82 Å². The summed E-state index contributed by atoms with van der Waals surface area (Å²) < 4.78 is 1.63. The number of nitrogens with one attached hydrogen (secondary N) is 2. The number of nitriles is 1. The largest absolute Gasteiger partial charge is 0.382 e. The first-order valence-electron chi connectivity index (χ1n) is 9.95. The number of nitrogens with zero attached hydrogens (tertiary/aromatic N) is 4. The van der Waals surface area contributed by atoms with Gasteiger partial charge in [-0.2, -0.15) is 10.4 Å². The molecule has 162 valence electrons. The van der Waals surface area contributed by atoms with E-state index in [-0.39, 0.29) is 24.0 Å². The molecule has 0 amide bonds. The predicted molar refractivity (Wildman–Crippen MR) is 136 cm³/mol. The molecule has 2 aromatic carbocycles. The van der Waals surface area contributed by atoms with Gasteiger partial charge >= 0.3 is 0 Å². The van der Waals surface area contributed by atoms with E-state index in [4.69, 9.17) is 5.73 Å². The van der Waals surface area contributed by atoms with Crippen molar-refractivity contribution in [3.8, 4) is 11.8 Å². The van der Waals surface area contributed by atoms with Crippen molar-refractivity contribution < 1.29 is 0 Å². The zero-order valence-electron chi connectivity index (χ0n) is 17.8. The number of benzene rings is 2. The minimum absolute atomic E-state index is 0. The Morgan fingerprint density at radius 3 is 2.61 bits per heavy atom. The van der Waals surface area contributed by atoms with E-state index >= 15 is 0 Å². The lowest BCUT2D eigenvalue weighted by molar-refractivity contribution is 0.722. The molecule has 3 aromatic rings. The van der Waals surface area contributed by atoms with Crippen LogP contribution in [0.2, 0.25) is 0 Å². The molecule has 31 heavy (non-hydrogen) atoms. The summed E-state index contributed by atoms with van der Waals surface area (Å²) >= 11 is 0. The molecule has 4 N–H and O–H groups in total. The van der Waals surface area contributed by atoms with E-state index < -0.39 is 0 Å². The third kappa shape index (κ3) is 6.46. The van der Waals surface area contributed by atoms with Crippen molar-refractivity contribution in [2.45, 2.75) is 26.3 Å². The van der Waals surface area contributed by atoms with Crippen LogP contribution < -0.4 is 16.4 Å². The van der Waals surface area contributed by atoms with Gasteiger partial charge < -0.3 is 16.4 Å². The number of hydrogen-bond donors (Lipinski definition) is 3. The Bertz CT molecular complexity index is 1050. The summed E-state index contributed by atoms with van der Waals surface area (Å²) in [5, 5.41) is 20.7. The van der Waals surface area contributed by atoms with Gasteiger partial charge in [0.1, 0.15) is 17.5 Å². The molecule has 1 aromatic heterocycles. The molecule has 8 heteroatoms. The van der Waals surface area contributed by atoms with Crippen LogP contribution in [0.25, 0.3) is 5.69 Å². The molecule has 0 unspecified atom stereocenters. The van der Waals surface area contributed by atoms with Gasteiger partial charge in [-0.05, 0) is 37.5 Å². The Kier molecular flexibility index (Phi) is 9.34. The standard InChI is InChI=1S/C23H27N7.HI/c1-17-8-6-9-18(14-17)16-28-23(26-2)27-13-7-12-21-20(15-24)22(25)30(29-21)19-10-4-3-5-11-19;/h3-6,8-11,14H,7,12-13,16,25H2,1-2H3,(H2,26,27,28);1H. The molecule has 0 saturated carbocycles. The van der Waals surface area contributed by atoms with Crippen LogP contribution in [0.15, 0.2) is 59.6 Å². The number of para-hydroxylation sites is 1. The van der Waals surface area contributed by atoms with Crippen LogP contribution in [0.5, 0.6) is 0 Å². The highest BCUT2D eigenvalue weighted by Gasteiger charge is 2.16. The van der Waals surface area contributed by atoms with Crippen molar-refractivity contribution in [2.75, 3.05) is 19.3 Å². The zero-order valence-corrected chi connectivity index (χ0v) is 20.1. The predicted octanol–water partition coefficient (Wildman–Crippen LogP) is 3.55. The average molecular weight is 529 g/mol. The summed E-state index contributed by atoms with van der Waals surface area (Å²) in [5.41, 5.74) is 10.6. The first-order valence-corrected chi connectivity index (χ1v) is 9.95. The maximum absolute atomic E-state index is 9.51. The molecule has 0 fully saturated rings. The third-order valence-corrected chi connectivity index (χ3v) is 4.76. The van der Waals surface area contributed by atoms with Crippen LogP contribution in [0.3, 0.4) is 0 Å². The molecule has 0 aliphatic rings. The minimum Gasteiger partial charge on any atom is -0.382 e. The Hall–Kier alpha value is -3.06. The zero-order chi connectivity index (χ0) is 21.3. The van der Waals surface area contributed by atoms with Crippen LogP contribution >= 0.6 is 24.0 Å². The highest BCUT2D eigenvalue weighted by atomic mass is 127. The Balaban J connectivity index is 0.00000341. The number of halogens is 1. The molecular formula is C23H28IN7. The van der Waals surface area contributed by atoms with Crippen molar-refractivity contribution in [3.63, 3.8) is 0 Å². The Morgan fingerprint density at radius 2 is 1.94 bits per heavy atom. The van der Waals surface area contributed by atoms with Gasteiger partial charge in [0.25, 0.3) is 0 Å². The highest BCUT2D eigenvalue weighted by Crippen LogP contribution is 2.21. The van der Waals surface area contributed by atoms with E-state index in [0.717, 1.165) is 18.1 Å². The van der Waals surface area contributed by atoms with Gasteiger partial charge in [-0.15, -0.1) is 24.0 Å². The van der Waals surface area contributed by atoms with Gasteiger partial charge in [0.2, 0.25) is 0 Å². The number of aryl methyl sites for hydroxylation is 2. The van der Waals surface area contributed by atoms with Crippen LogP contribution in [-0.2, 0) is 13.0 Å². The highest BCUT2D eigenvalue weighted by molar-refractivity contribution is 14.0. The molecular weight excluding hydrogens is 501 g/mol. The van der Waals surface area contributed by atoms with Gasteiger partial charge in [-0.3, -0.25) is 4.99 Å². The van der Waals surface area contributed by atoms with Gasteiger partial charge in [0.05, 0.1) is 11.4 Å². The summed E-state index contributed by atoms with van der Waals surface area (Å²) in [6, 6.07) is 20.2. The fourth-order valence-electron chi connectivity index (χ4n) is 3.23. The molecule has 3 rings (SSSR count). The van der Waals surface area contributed by atoms with E-state index in [9.17, 15) is 5.26 Å². The normalized spacial score (nSPS) is 10.8. The summed E-state index contributed by atoms with van der Waals surface area (Å²) in [4.78, 5) is 4.26. The number of guanidine groups is 1. The molecule has 0 atom stereocenters. The second-order valence-electron chi connectivity index (χ2n) is 7.01. The van der Waals surface area contributed by atoms with Crippen molar-refractivity contribution in [1.29, 1.82) is 5.26 Å². The first kappa shape index (κ1) is 24.2. The SMILES string of the molecule is CN=C(NCCCc1nn(-c2ccccc2)c(N)c1C#N)NCc1cccc(C)c1.I.